The van der Waals surface area contributed by atoms with Gasteiger partial charge < -0.3 is 10.2 Å². The molecule has 1 saturated heterocycles. The molecule has 3 aromatic rings. The number of aliphatic hydroxyl groups excluding tert-OH is 1. The molecule has 0 radical (unpaired) electrons. The summed E-state index contributed by atoms with van der Waals surface area (Å²) in [7, 11) is 0. The largest absolute Gasteiger partial charge is 0.393 e. The normalized spacial score (nSPS) is 21.8. The monoisotopic (exact) mass is 402 g/mol. The summed E-state index contributed by atoms with van der Waals surface area (Å²) in [5.74, 6) is 0. The third-order valence-electron chi connectivity index (χ3n) is 6.72. The van der Waals surface area contributed by atoms with Crippen LogP contribution in [0.3, 0.4) is 0 Å². The third kappa shape index (κ3) is 3.76. The molecule has 1 aliphatic heterocycles. The number of fused-ring (bicyclic) bond motifs is 2. The number of benzene rings is 2. The fourth-order valence-corrected chi connectivity index (χ4v) is 5.16. The molecule has 1 aromatic heterocycles. The Morgan fingerprint density at radius 3 is 2.70 bits per heavy atom. The average molecular weight is 403 g/mol. The minimum absolute atomic E-state index is 0.184. The number of pyridine rings is 1. The second-order valence-electron chi connectivity index (χ2n) is 9.23. The van der Waals surface area contributed by atoms with Crippen LogP contribution in [0.2, 0.25) is 0 Å². The van der Waals surface area contributed by atoms with Crippen LogP contribution in [0.4, 0.5) is 0 Å². The number of aliphatic hydroxyl groups is 2. The van der Waals surface area contributed by atoms with E-state index in [2.05, 4.69) is 54.3 Å². The Bertz CT molecular complexity index is 1090. The van der Waals surface area contributed by atoms with Crippen LogP contribution in [0.5, 0.6) is 0 Å². The van der Waals surface area contributed by atoms with E-state index < -0.39 is 5.60 Å². The summed E-state index contributed by atoms with van der Waals surface area (Å²) in [6.07, 6.45) is 5.10. The molecule has 0 amide bonds. The standard InChI is InChI=1S/C26H30N2O2/c1-18-5-2-8-21(11-18)25-23(15-28-10-4-9-26(30,16-28)17-29)13-22-12-19-6-3-7-20(19)14-24(22)27-25/h2,5,8,11-14,29-30H,3-4,6-7,9-10,15-17H2,1H3/t26-/m0/s1. The highest BCUT2D eigenvalue weighted by atomic mass is 16.3. The van der Waals surface area contributed by atoms with Crippen molar-refractivity contribution in [1.82, 2.24) is 9.88 Å². The maximum atomic E-state index is 10.6. The number of nitrogens with zero attached hydrogens (tertiary/aromatic N) is 2. The summed E-state index contributed by atoms with van der Waals surface area (Å²) in [6, 6.07) is 15.5. The Morgan fingerprint density at radius 1 is 1.07 bits per heavy atom. The minimum atomic E-state index is -0.993. The van der Waals surface area contributed by atoms with E-state index in [-0.39, 0.29) is 6.61 Å². The predicted octanol–water partition coefficient (Wildman–Crippen LogP) is 4.02. The lowest BCUT2D eigenvalue weighted by molar-refractivity contribution is -0.0686. The topological polar surface area (TPSA) is 56.6 Å². The smallest absolute Gasteiger partial charge is 0.100 e. The van der Waals surface area contributed by atoms with Gasteiger partial charge in [-0.2, -0.15) is 0 Å². The maximum absolute atomic E-state index is 10.6. The molecule has 1 fully saturated rings. The van der Waals surface area contributed by atoms with E-state index in [1.54, 1.807) is 0 Å². The summed E-state index contributed by atoms with van der Waals surface area (Å²) in [5.41, 5.74) is 7.57. The molecule has 1 atom stereocenters. The molecule has 4 nitrogen and oxygen atoms in total. The van der Waals surface area contributed by atoms with E-state index in [1.807, 2.05) is 0 Å². The Morgan fingerprint density at radius 2 is 1.90 bits per heavy atom. The van der Waals surface area contributed by atoms with Gasteiger partial charge in [0.2, 0.25) is 0 Å². The number of piperidine rings is 1. The summed E-state index contributed by atoms with van der Waals surface area (Å²) < 4.78 is 0. The molecule has 1 aliphatic carbocycles. The summed E-state index contributed by atoms with van der Waals surface area (Å²) in [6.45, 7) is 4.09. The maximum Gasteiger partial charge on any atom is 0.100 e. The summed E-state index contributed by atoms with van der Waals surface area (Å²) in [5, 5.41) is 21.5. The number of hydrogen-bond donors (Lipinski definition) is 2. The van der Waals surface area contributed by atoms with Gasteiger partial charge in [-0.1, -0.05) is 23.8 Å². The molecule has 30 heavy (non-hydrogen) atoms. The zero-order valence-corrected chi connectivity index (χ0v) is 17.7. The van der Waals surface area contributed by atoms with Crippen molar-refractivity contribution in [2.45, 2.75) is 51.2 Å². The molecular weight excluding hydrogens is 372 g/mol. The molecule has 0 bridgehead atoms. The van der Waals surface area contributed by atoms with E-state index in [1.165, 1.54) is 34.1 Å². The first-order valence-corrected chi connectivity index (χ1v) is 11.1. The molecule has 2 aliphatic rings. The van der Waals surface area contributed by atoms with Crippen LogP contribution in [-0.4, -0.2) is 45.4 Å². The number of hydrogen-bond acceptors (Lipinski definition) is 4. The van der Waals surface area contributed by atoms with Gasteiger partial charge in [0.05, 0.1) is 17.8 Å². The lowest BCUT2D eigenvalue weighted by atomic mass is 9.93. The van der Waals surface area contributed by atoms with E-state index in [0.717, 1.165) is 49.1 Å². The minimum Gasteiger partial charge on any atom is -0.393 e. The molecule has 0 unspecified atom stereocenters. The van der Waals surface area contributed by atoms with Gasteiger partial charge in [-0.15, -0.1) is 0 Å². The lowest BCUT2D eigenvalue weighted by Crippen LogP contribution is -2.50. The zero-order chi connectivity index (χ0) is 20.7. The molecule has 0 saturated carbocycles. The van der Waals surface area contributed by atoms with Crippen molar-refractivity contribution in [3.63, 3.8) is 0 Å². The van der Waals surface area contributed by atoms with Crippen molar-refractivity contribution in [2.24, 2.45) is 0 Å². The van der Waals surface area contributed by atoms with E-state index in [0.29, 0.717) is 13.0 Å². The number of likely N-dealkylation sites (tertiary alicyclic amines) is 1. The highest BCUT2D eigenvalue weighted by Gasteiger charge is 2.32. The van der Waals surface area contributed by atoms with Crippen LogP contribution in [-0.2, 0) is 19.4 Å². The summed E-state index contributed by atoms with van der Waals surface area (Å²) >= 11 is 0. The van der Waals surface area contributed by atoms with Gasteiger partial charge in [-0.25, -0.2) is 4.98 Å². The average Bonchev–Trinajstić information content (AvgIpc) is 3.19. The number of aryl methyl sites for hydroxylation is 3. The molecule has 2 aromatic carbocycles. The van der Waals surface area contributed by atoms with Crippen LogP contribution in [0.1, 0.15) is 41.5 Å². The van der Waals surface area contributed by atoms with Crippen LogP contribution in [0.25, 0.3) is 22.2 Å². The summed E-state index contributed by atoms with van der Waals surface area (Å²) in [4.78, 5) is 7.41. The van der Waals surface area contributed by atoms with Crippen molar-refractivity contribution < 1.29 is 10.2 Å². The first-order chi connectivity index (χ1) is 14.5. The molecule has 4 heteroatoms. The SMILES string of the molecule is Cc1cccc(-c2nc3cc4c(cc3cc2CN2CCC[C@@](O)(CO)C2)CCC4)c1. The van der Waals surface area contributed by atoms with Gasteiger partial charge in [0, 0.05) is 24.0 Å². The third-order valence-corrected chi connectivity index (χ3v) is 6.72. The van der Waals surface area contributed by atoms with Gasteiger partial charge in [0.25, 0.3) is 0 Å². The van der Waals surface area contributed by atoms with Gasteiger partial charge in [-0.05, 0) is 86.5 Å². The van der Waals surface area contributed by atoms with Crippen molar-refractivity contribution in [2.75, 3.05) is 19.7 Å². The fourth-order valence-electron chi connectivity index (χ4n) is 5.16. The molecular formula is C26H30N2O2. The molecule has 156 valence electrons. The van der Waals surface area contributed by atoms with Crippen LogP contribution in [0, 0.1) is 6.92 Å². The van der Waals surface area contributed by atoms with Crippen molar-refractivity contribution >= 4 is 10.9 Å². The van der Waals surface area contributed by atoms with Crippen molar-refractivity contribution in [3.8, 4) is 11.3 Å². The van der Waals surface area contributed by atoms with Gasteiger partial charge >= 0.3 is 0 Å². The molecule has 2 heterocycles. The number of rotatable bonds is 4. The lowest BCUT2D eigenvalue weighted by Gasteiger charge is -2.38. The molecule has 2 N–H and O–H groups in total. The van der Waals surface area contributed by atoms with Crippen molar-refractivity contribution in [1.29, 1.82) is 0 Å². The second kappa shape index (κ2) is 7.77. The molecule has 0 spiro atoms. The number of aromatic nitrogens is 1. The van der Waals surface area contributed by atoms with E-state index in [9.17, 15) is 10.2 Å². The zero-order valence-electron chi connectivity index (χ0n) is 17.7. The fraction of sp³-hybridized carbons (Fsp3) is 0.423. The first kappa shape index (κ1) is 19.7. The van der Waals surface area contributed by atoms with E-state index in [4.69, 9.17) is 4.98 Å². The highest BCUT2D eigenvalue weighted by Crippen LogP contribution is 2.32. The van der Waals surface area contributed by atoms with Gasteiger partial charge in [0.15, 0.2) is 0 Å². The quantitative estimate of drug-likeness (QED) is 0.692. The van der Waals surface area contributed by atoms with Crippen LogP contribution in [0.15, 0.2) is 42.5 Å². The Balaban J connectivity index is 1.59. The highest BCUT2D eigenvalue weighted by molar-refractivity contribution is 5.85. The van der Waals surface area contributed by atoms with Gasteiger partial charge in [-0.3, -0.25) is 4.90 Å². The first-order valence-electron chi connectivity index (χ1n) is 11.1. The Kier molecular flexibility index (Phi) is 5.10. The predicted molar refractivity (Wildman–Crippen MR) is 120 cm³/mol. The Hall–Kier alpha value is -2.27. The second-order valence-corrected chi connectivity index (χ2v) is 9.23. The van der Waals surface area contributed by atoms with E-state index >= 15 is 0 Å². The van der Waals surface area contributed by atoms with Crippen LogP contribution < -0.4 is 0 Å². The van der Waals surface area contributed by atoms with Crippen molar-refractivity contribution in [3.05, 3.63) is 64.7 Å². The number of β-amino-alcohol motifs (C(OH)–C–C–N with tert-alkyl or cyclic N) is 1. The van der Waals surface area contributed by atoms with Gasteiger partial charge in [0.1, 0.15) is 5.60 Å². The van der Waals surface area contributed by atoms with Crippen LogP contribution >= 0.6 is 0 Å². The molecule has 5 rings (SSSR count). The Labute approximate surface area is 178 Å².